The third-order valence-corrected chi connectivity index (χ3v) is 1.10. The number of aromatic nitrogens is 2. The molecule has 0 bridgehead atoms. The number of H-pyrrole nitrogens is 1. The lowest BCUT2D eigenvalue weighted by atomic mass is 10.3. The molecule has 0 radical (unpaired) electrons. The maximum Gasteiger partial charge on any atom is 0.156 e. The van der Waals surface area contributed by atoms with Gasteiger partial charge in [0.25, 0.3) is 0 Å². The van der Waals surface area contributed by atoms with Crippen molar-refractivity contribution >= 4 is 11.5 Å². The molecule has 4 heteroatoms. The third-order valence-electron chi connectivity index (χ3n) is 1.10. The van der Waals surface area contributed by atoms with Gasteiger partial charge in [0.15, 0.2) is 5.78 Å². The van der Waals surface area contributed by atoms with Crippen LogP contribution in [0.25, 0.3) is 5.76 Å². The van der Waals surface area contributed by atoms with Crippen molar-refractivity contribution in [2.45, 2.75) is 6.92 Å². The van der Waals surface area contributed by atoms with E-state index in [1.54, 1.807) is 0 Å². The smallest absolute Gasteiger partial charge is 0.156 e. The minimum atomic E-state index is -0.203. The Morgan fingerprint density at radius 2 is 2.55 bits per heavy atom. The van der Waals surface area contributed by atoms with E-state index in [0.29, 0.717) is 5.69 Å². The molecule has 0 saturated heterocycles. The molecule has 58 valence electrons. The molecule has 0 aliphatic carbocycles. The maximum absolute atomic E-state index is 10.5. The highest BCUT2D eigenvalue weighted by atomic mass is 16.3. The van der Waals surface area contributed by atoms with Gasteiger partial charge < -0.3 is 10.1 Å². The number of hydrogen-bond acceptors (Lipinski definition) is 3. The van der Waals surface area contributed by atoms with E-state index in [4.69, 9.17) is 5.11 Å². The number of aliphatic hydroxyl groups is 1. The van der Waals surface area contributed by atoms with Crippen LogP contribution in [-0.2, 0) is 4.79 Å². The van der Waals surface area contributed by atoms with Gasteiger partial charge in [0.1, 0.15) is 11.5 Å². The first-order chi connectivity index (χ1) is 5.20. The number of ketones is 1. The lowest BCUT2D eigenvalue weighted by molar-refractivity contribution is -0.112. The van der Waals surface area contributed by atoms with Crippen LogP contribution in [0.1, 0.15) is 12.6 Å². The Morgan fingerprint density at radius 3 is 3.00 bits per heavy atom. The molecule has 0 aliphatic rings. The largest absolute Gasteiger partial charge is 0.505 e. The van der Waals surface area contributed by atoms with Crippen LogP contribution in [0.4, 0.5) is 0 Å². The molecule has 1 aromatic rings. The minimum absolute atomic E-state index is 0.112. The van der Waals surface area contributed by atoms with Gasteiger partial charge in [-0.25, -0.2) is 4.98 Å². The van der Waals surface area contributed by atoms with Gasteiger partial charge in [-0.05, 0) is 6.92 Å². The molecule has 0 spiro atoms. The SMILES string of the molecule is CC(=O)/C=C(\O)c1c[nH]cn1. The predicted molar refractivity (Wildman–Crippen MR) is 39.9 cm³/mol. The van der Waals surface area contributed by atoms with Crippen LogP contribution < -0.4 is 0 Å². The number of rotatable bonds is 2. The van der Waals surface area contributed by atoms with Crippen LogP contribution in [0.2, 0.25) is 0 Å². The normalized spacial score (nSPS) is 11.5. The van der Waals surface area contributed by atoms with Crippen LogP contribution in [0.5, 0.6) is 0 Å². The molecule has 0 amide bonds. The summed E-state index contributed by atoms with van der Waals surface area (Å²) in [5, 5.41) is 9.14. The quantitative estimate of drug-likeness (QED) is 0.488. The average Bonchev–Trinajstić information content (AvgIpc) is 2.35. The Labute approximate surface area is 63.6 Å². The molecule has 1 aromatic heterocycles. The summed E-state index contributed by atoms with van der Waals surface area (Å²) in [6.07, 6.45) is 4.06. The van der Waals surface area contributed by atoms with Crippen molar-refractivity contribution in [2.24, 2.45) is 0 Å². The van der Waals surface area contributed by atoms with Crippen molar-refractivity contribution in [1.29, 1.82) is 0 Å². The Bertz CT molecular complexity index is 275. The summed E-state index contributed by atoms with van der Waals surface area (Å²) in [6, 6.07) is 0. The number of aliphatic hydroxyl groups excluding tert-OH is 1. The zero-order valence-electron chi connectivity index (χ0n) is 6.03. The number of nitrogens with zero attached hydrogens (tertiary/aromatic N) is 1. The topological polar surface area (TPSA) is 66.0 Å². The summed E-state index contributed by atoms with van der Waals surface area (Å²) in [6.45, 7) is 1.36. The summed E-state index contributed by atoms with van der Waals surface area (Å²) >= 11 is 0. The highest BCUT2D eigenvalue weighted by molar-refractivity contribution is 5.92. The van der Waals surface area contributed by atoms with Gasteiger partial charge in [0.05, 0.1) is 6.33 Å². The maximum atomic E-state index is 10.5. The molecule has 0 aliphatic heterocycles. The molecule has 0 fully saturated rings. The Morgan fingerprint density at radius 1 is 1.82 bits per heavy atom. The van der Waals surface area contributed by atoms with Crippen molar-refractivity contribution < 1.29 is 9.90 Å². The number of carbonyl (C=O) groups is 1. The Balaban J connectivity index is 2.86. The van der Waals surface area contributed by atoms with Gasteiger partial charge in [-0.3, -0.25) is 4.79 Å². The number of nitrogens with one attached hydrogen (secondary N) is 1. The number of hydrogen-bond donors (Lipinski definition) is 2. The van der Waals surface area contributed by atoms with Crippen LogP contribution in [0.15, 0.2) is 18.6 Å². The molecule has 0 aromatic carbocycles. The zero-order chi connectivity index (χ0) is 8.27. The van der Waals surface area contributed by atoms with Gasteiger partial charge >= 0.3 is 0 Å². The van der Waals surface area contributed by atoms with Crippen molar-refractivity contribution in [1.82, 2.24) is 9.97 Å². The molecule has 1 rings (SSSR count). The second kappa shape index (κ2) is 3.01. The summed E-state index contributed by atoms with van der Waals surface area (Å²) in [4.78, 5) is 16.9. The third kappa shape index (κ3) is 1.93. The molecule has 0 atom stereocenters. The van der Waals surface area contributed by atoms with Crippen LogP contribution in [-0.4, -0.2) is 20.9 Å². The van der Waals surface area contributed by atoms with Gasteiger partial charge in [-0.1, -0.05) is 0 Å². The second-order valence-corrected chi connectivity index (χ2v) is 2.09. The summed E-state index contributed by atoms with van der Waals surface area (Å²) in [7, 11) is 0. The van der Waals surface area contributed by atoms with Gasteiger partial charge in [-0.15, -0.1) is 0 Å². The number of aromatic amines is 1. The van der Waals surface area contributed by atoms with E-state index in [1.165, 1.54) is 19.4 Å². The fourth-order valence-electron chi connectivity index (χ4n) is 0.667. The van der Waals surface area contributed by atoms with Crippen molar-refractivity contribution in [3.8, 4) is 0 Å². The first-order valence-corrected chi connectivity index (χ1v) is 3.10. The molecule has 1 heterocycles. The molecule has 0 saturated carbocycles. The summed E-state index contributed by atoms with van der Waals surface area (Å²) in [5.41, 5.74) is 0.375. The van der Waals surface area contributed by atoms with Gasteiger partial charge in [-0.2, -0.15) is 0 Å². The summed E-state index contributed by atoms with van der Waals surface area (Å²) < 4.78 is 0. The van der Waals surface area contributed by atoms with E-state index in [-0.39, 0.29) is 11.5 Å². The predicted octanol–water partition coefficient (Wildman–Crippen LogP) is 0.898. The van der Waals surface area contributed by atoms with E-state index in [2.05, 4.69) is 9.97 Å². The van der Waals surface area contributed by atoms with Crippen LogP contribution in [0.3, 0.4) is 0 Å². The second-order valence-electron chi connectivity index (χ2n) is 2.09. The zero-order valence-corrected chi connectivity index (χ0v) is 6.03. The molecule has 11 heavy (non-hydrogen) atoms. The number of imidazole rings is 1. The lowest BCUT2D eigenvalue weighted by Crippen LogP contribution is -1.88. The molecule has 2 N–H and O–H groups in total. The highest BCUT2D eigenvalue weighted by Crippen LogP contribution is 2.04. The monoisotopic (exact) mass is 152 g/mol. The Hall–Kier alpha value is -1.58. The van der Waals surface area contributed by atoms with Crippen molar-refractivity contribution in [3.63, 3.8) is 0 Å². The molecular formula is C7H8N2O2. The first-order valence-electron chi connectivity index (χ1n) is 3.10. The lowest BCUT2D eigenvalue weighted by Gasteiger charge is -1.90. The molecular weight excluding hydrogens is 144 g/mol. The Kier molecular flexibility index (Phi) is 2.06. The van der Waals surface area contributed by atoms with E-state index >= 15 is 0 Å². The highest BCUT2D eigenvalue weighted by Gasteiger charge is 2.00. The fraction of sp³-hybridized carbons (Fsp3) is 0.143. The fourth-order valence-corrected chi connectivity index (χ4v) is 0.667. The van der Waals surface area contributed by atoms with E-state index in [9.17, 15) is 4.79 Å². The first kappa shape index (κ1) is 7.53. The minimum Gasteiger partial charge on any atom is -0.505 e. The summed E-state index contributed by atoms with van der Waals surface area (Å²) in [5.74, 6) is -0.316. The van der Waals surface area contributed by atoms with Crippen LogP contribution >= 0.6 is 0 Å². The standard InChI is InChI=1S/C7H8N2O2/c1-5(10)2-7(11)6-3-8-4-9-6/h2-4,11H,1H3,(H,8,9)/b7-2-. The average molecular weight is 152 g/mol. The van der Waals surface area contributed by atoms with Crippen molar-refractivity contribution in [3.05, 3.63) is 24.3 Å². The van der Waals surface area contributed by atoms with Gasteiger partial charge in [0.2, 0.25) is 0 Å². The number of allylic oxidation sites excluding steroid dienone is 1. The van der Waals surface area contributed by atoms with E-state index < -0.39 is 0 Å². The number of carbonyl (C=O) groups excluding carboxylic acids is 1. The molecule has 0 unspecified atom stereocenters. The van der Waals surface area contributed by atoms with Crippen molar-refractivity contribution in [2.75, 3.05) is 0 Å². The van der Waals surface area contributed by atoms with Crippen LogP contribution in [0, 0.1) is 0 Å². The molecule has 4 nitrogen and oxygen atoms in total. The van der Waals surface area contributed by atoms with Gasteiger partial charge in [0, 0.05) is 12.3 Å². The van der Waals surface area contributed by atoms with E-state index in [0.717, 1.165) is 6.08 Å². The van der Waals surface area contributed by atoms with E-state index in [1.807, 2.05) is 0 Å².